The van der Waals surface area contributed by atoms with Gasteiger partial charge in [-0.1, -0.05) is 19.8 Å². The van der Waals surface area contributed by atoms with Crippen LogP contribution in [0.15, 0.2) is 23.2 Å². The molecule has 1 aliphatic carbocycles. The van der Waals surface area contributed by atoms with E-state index >= 15 is 0 Å². The molecule has 0 spiro atoms. The summed E-state index contributed by atoms with van der Waals surface area (Å²) < 4.78 is 27.7. The Kier molecular flexibility index (Phi) is 5.58. The van der Waals surface area contributed by atoms with Crippen LogP contribution in [0.4, 0.5) is 5.82 Å². The Morgan fingerprint density at radius 1 is 1.29 bits per heavy atom. The van der Waals surface area contributed by atoms with Crippen LogP contribution >= 0.6 is 0 Å². The van der Waals surface area contributed by atoms with Crippen LogP contribution in [-0.4, -0.2) is 26.5 Å². The van der Waals surface area contributed by atoms with E-state index in [4.69, 9.17) is 0 Å². The maximum atomic E-state index is 12.4. The summed E-state index contributed by atoms with van der Waals surface area (Å²) >= 11 is 0. The highest BCUT2D eigenvalue weighted by atomic mass is 32.2. The van der Waals surface area contributed by atoms with Crippen molar-refractivity contribution < 1.29 is 8.42 Å². The van der Waals surface area contributed by atoms with Crippen molar-refractivity contribution in [2.24, 2.45) is 5.92 Å². The number of hydrogen-bond acceptors (Lipinski definition) is 4. The second-order valence-corrected chi connectivity index (χ2v) is 7.47. The maximum absolute atomic E-state index is 12.4. The van der Waals surface area contributed by atoms with Gasteiger partial charge in [-0.3, -0.25) is 0 Å². The molecular formula is C15H25N3O2S. The number of pyridine rings is 1. The zero-order valence-electron chi connectivity index (χ0n) is 12.8. The third-order valence-corrected chi connectivity index (χ3v) is 5.68. The molecule has 0 amide bonds. The van der Waals surface area contributed by atoms with Crippen LogP contribution in [0.3, 0.4) is 0 Å². The molecule has 118 valence electrons. The number of nitrogens with one attached hydrogen (secondary N) is 2. The molecule has 0 aromatic carbocycles. The number of hydrogen-bond donors (Lipinski definition) is 2. The van der Waals surface area contributed by atoms with Crippen molar-refractivity contribution in [3.05, 3.63) is 18.3 Å². The molecule has 1 saturated carbocycles. The normalized spacial score (nSPS) is 23.0. The molecule has 0 radical (unpaired) electrons. The molecule has 2 rings (SSSR count). The molecule has 1 aromatic heterocycles. The first-order chi connectivity index (χ1) is 10.0. The van der Waals surface area contributed by atoms with Gasteiger partial charge < -0.3 is 5.32 Å². The van der Waals surface area contributed by atoms with E-state index in [0.717, 1.165) is 31.6 Å². The Hall–Kier alpha value is -1.14. The van der Waals surface area contributed by atoms with Crippen molar-refractivity contribution in [3.63, 3.8) is 0 Å². The minimum Gasteiger partial charge on any atom is -0.373 e. The standard InChI is InChI=1S/C15H25N3O2S/c1-3-4-12-5-7-13(8-6-12)18-21(19,20)14-9-10-17-15(11-14)16-2/h9-13,18H,3-8H2,1-2H3,(H,16,17). The number of aromatic nitrogens is 1. The Morgan fingerprint density at radius 2 is 2.00 bits per heavy atom. The molecule has 1 fully saturated rings. The van der Waals surface area contributed by atoms with Crippen LogP contribution in [0.1, 0.15) is 45.4 Å². The van der Waals surface area contributed by atoms with Crippen molar-refractivity contribution in [3.8, 4) is 0 Å². The van der Waals surface area contributed by atoms with Gasteiger partial charge in [0.15, 0.2) is 0 Å². The molecule has 0 saturated heterocycles. The fraction of sp³-hybridized carbons (Fsp3) is 0.667. The summed E-state index contributed by atoms with van der Waals surface area (Å²) in [5.74, 6) is 1.33. The minimum atomic E-state index is -3.45. The van der Waals surface area contributed by atoms with Crippen molar-refractivity contribution in [1.29, 1.82) is 0 Å². The molecule has 1 heterocycles. The highest BCUT2D eigenvalue weighted by Gasteiger charge is 2.25. The lowest BCUT2D eigenvalue weighted by Crippen LogP contribution is -2.37. The molecule has 0 unspecified atom stereocenters. The van der Waals surface area contributed by atoms with Gasteiger partial charge in [-0.15, -0.1) is 0 Å². The van der Waals surface area contributed by atoms with Gasteiger partial charge >= 0.3 is 0 Å². The molecule has 2 N–H and O–H groups in total. The van der Waals surface area contributed by atoms with Crippen LogP contribution in [-0.2, 0) is 10.0 Å². The molecule has 21 heavy (non-hydrogen) atoms. The zero-order chi connectivity index (χ0) is 15.3. The molecule has 5 nitrogen and oxygen atoms in total. The quantitative estimate of drug-likeness (QED) is 0.847. The lowest BCUT2D eigenvalue weighted by molar-refractivity contribution is 0.297. The number of anilines is 1. The molecule has 0 bridgehead atoms. The average molecular weight is 311 g/mol. The van der Waals surface area contributed by atoms with E-state index in [2.05, 4.69) is 21.9 Å². The summed E-state index contributed by atoms with van der Waals surface area (Å²) in [5, 5.41) is 2.86. The van der Waals surface area contributed by atoms with E-state index in [0.29, 0.717) is 5.82 Å². The van der Waals surface area contributed by atoms with Crippen LogP contribution in [0.5, 0.6) is 0 Å². The van der Waals surface area contributed by atoms with Gasteiger partial charge in [0.05, 0.1) is 4.90 Å². The van der Waals surface area contributed by atoms with Crippen molar-refractivity contribution in [2.75, 3.05) is 12.4 Å². The third-order valence-electron chi connectivity index (χ3n) is 4.16. The molecule has 6 heteroatoms. The first-order valence-electron chi connectivity index (χ1n) is 7.71. The van der Waals surface area contributed by atoms with Gasteiger partial charge in [0, 0.05) is 25.4 Å². The predicted octanol–water partition coefficient (Wildman–Crippen LogP) is 2.76. The van der Waals surface area contributed by atoms with Gasteiger partial charge in [-0.25, -0.2) is 18.1 Å². The molecule has 1 aromatic rings. The monoisotopic (exact) mass is 311 g/mol. The molecule has 0 atom stereocenters. The number of sulfonamides is 1. The van der Waals surface area contributed by atoms with Crippen LogP contribution in [0, 0.1) is 5.92 Å². The molecule has 1 aliphatic rings. The summed E-state index contributed by atoms with van der Waals surface area (Å²) in [6.07, 6.45) is 8.11. The van der Waals surface area contributed by atoms with Gasteiger partial charge in [-0.2, -0.15) is 0 Å². The lowest BCUT2D eigenvalue weighted by Gasteiger charge is -2.28. The summed E-state index contributed by atoms with van der Waals surface area (Å²) in [7, 11) is -1.73. The van der Waals surface area contributed by atoms with E-state index < -0.39 is 10.0 Å². The van der Waals surface area contributed by atoms with E-state index in [1.54, 1.807) is 13.1 Å². The highest BCUT2D eigenvalue weighted by molar-refractivity contribution is 7.89. The first kappa shape index (κ1) is 16.2. The van der Waals surface area contributed by atoms with Gasteiger partial charge in [0.25, 0.3) is 0 Å². The van der Waals surface area contributed by atoms with Crippen molar-refractivity contribution in [1.82, 2.24) is 9.71 Å². The smallest absolute Gasteiger partial charge is 0.241 e. The predicted molar refractivity (Wildman–Crippen MR) is 84.8 cm³/mol. The van der Waals surface area contributed by atoms with Gasteiger partial charge in [-0.05, 0) is 37.7 Å². The Morgan fingerprint density at radius 3 is 2.62 bits per heavy atom. The molecule has 0 aliphatic heterocycles. The average Bonchev–Trinajstić information content (AvgIpc) is 2.49. The highest BCUT2D eigenvalue weighted by Crippen LogP contribution is 2.28. The van der Waals surface area contributed by atoms with Crippen molar-refractivity contribution in [2.45, 2.75) is 56.4 Å². The summed E-state index contributed by atoms with van der Waals surface area (Å²) in [6, 6.07) is 3.16. The second-order valence-electron chi connectivity index (χ2n) is 5.75. The Balaban J connectivity index is 1.98. The topological polar surface area (TPSA) is 71.1 Å². The number of nitrogens with zero attached hydrogens (tertiary/aromatic N) is 1. The minimum absolute atomic E-state index is 0.0642. The Bertz CT molecular complexity index is 552. The van der Waals surface area contributed by atoms with E-state index in [9.17, 15) is 8.42 Å². The van der Waals surface area contributed by atoms with Gasteiger partial charge in [0.2, 0.25) is 10.0 Å². The van der Waals surface area contributed by atoms with E-state index in [-0.39, 0.29) is 10.9 Å². The van der Waals surface area contributed by atoms with Crippen LogP contribution in [0.25, 0.3) is 0 Å². The second kappa shape index (κ2) is 7.22. The lowest BCUT2D eigenvalue weighted by atomic mass is 9.84. The maximum Gasteiger partial charge on any atom is 0.241 e. The van der Waals surface area contributed by atoms with Gasteiger partial charge in [0.1, 0.15) is 5.82 Å². The summed E-state index contributed by atoms with van der Waals surface area (Å²) in [5.41, 5.74) is 0. The van der Waals surface area contributed by atoms with E-state index in [1.807, 2.05) is 0 Å². The molecular weight excluding hydrogens is 286 g/mol. The van der Waals surface area contributed by atoms with E-state index in [1.165, 1.54) is 25.1 Å². The number of rotatable bonds is 6. The fourth-order valence-corrected chi connectivity index (χ4v) is 4.30. The zero-order valence-corrected chi connectivity index (χ0v) is 13.6. The Labute approximate surface area is 127 Å². The SMILES string of the molecule is CCCC1CCC(NS(=O)(=O)c2ccnc(NC)c2)CC1. The third kappa shape index (κ3) is 4.41. The fourth-order valence-electron chi connectivity index (χ4n) is 2.98. The van der Waals surface area contributed by atoms with Crippen LogP contribution in [0.2, 0.25) is 0 Å². The van der Waals surface area contributed by atoms with Crippen molar-refractivity contribution >= 4 is 15.8 Å². The first-order valence-corrected chi connectivity index (χ1v) is 9.19. The summed E-state index contributed by atoms with van der Waals surface area (Å²) in [6.45, 7) is 2.21. The van der Waals surface area contributed by atoms with Crippen LogP contribution < -0.4 is 10.0 Å². The largest absolute Gasteiger partial charge is 0.373 e. The summed E-state index contributed by atoms with van der Waals surface area (Å²) in [4.78, 5) is 4.32.